The van der Waals surface area contributed by atoms with Gasteiger partial charge in [0, 0.05) is 13.7 Å². The molecule has 0 aromatic carbocycles. The van der Waals surface area contributed by atoms with E-state index in [1.807, 2.05) is 23.7 Å². The number of hydrogen-bond acceptors (Lipinski definition) is 7. The lowest BCUT2D eigenvalue weighted by Crippen LogP contribution is -2.38. The molecule has 2 aromatic rings. The highest BCUT2D eigenvalue weighted by molar-refractivity contribution is 8.00. The SMILES string of the molecule is COCCN(Cc1ccco1)C(=O)C(C)Sc1nnnn1C1CC1. The average molecular weight is 351 g/mol. The number of methoxy groups -OCH3 is 1. The summed E-state index contributed by atoms with van der Waals surface area (Å²) in [6.07, 6.45) is 3.80. The van der Waals surface area contributed by atoms with Crippen LogP contribution in [0.1, 0.15) is 31.6 Å². The summed E-state index contributed by atoms with van der Waals surface area (Å²) in [7, 11) is 1.62. The first kappa shape index (κ1) is 17.0. The average Bonchev–Trinajstić information content (AvgIpc) is 3.09. The second kappa shape index (κ2) is 7.80. The van der Waals surface area contributed by atoms with Crippen LogP contribution >= 0.6 is 11.8 Å². The molecule has 0 saturated heterocycles. The number of amides is 1. The van der Waals surface area contributed by atoms with E-state index < -0.39 is 0 Å². The van der Waals surface area contributed by atoms with Crippen molar-refractivity contribution in [1.29, 1.82) is 0 Å². The third-order valence-electron chi connectivity index (χ3n) is 3.79. The molecule has 2 aromatic heterocycles. The number of ether oxygens (including phenoxy) is 1. The van der Waals surface area contributed by atoms with Crippen LogP contribution in [0.4, 0.5) is 0 Å². The van der Waals surface area contributed by atoms with Gasteiger partial charge < -0.3 is 14.1 Å². The Balaban J connectivity index is 1.64. The maximum atomic E-state index is 12.8. The molecule has 0 N–H and O–H groups in total. The van der Waals surface area contributed by atoms with Crippen LogP contribution in [0.5, 0.6) is 0 Å². The van der Waals surface area contributed by atoms with Crippen LogP contribution in [-0.4, -0.2) is 56.5 Å². The molecule has 8 nitrogen and oxygen atoms in total. The standard InChI is InChI=1S/C15H21N5O3S/c1-11(24-15-16-17-18-20(15)12-5-6-12)14(21)19(7-9-22-2)10-13-4-3-8-23-13/h3-4,8,11-12H,5-7,9-10H2,1-2H3. The minimum Gasteiger partial charge on any atom is -0.467 e. The second-order valence-corrected chi connectivity index (χ2v) is 7.04. The Kier molecular flexibility index (Phi) is 5.52. The minimum absolute atomic E-state index is 0.0128. The lowest BCUT2D eigenvalue weighted by Gasteiger charge is -2.24. The van der Waals surface area contributed by atoms with Crippen molar-refractivity contribution in [2.75, 3.05) is 20.3 Å². The largest absolute Gasteiger partial charge is 0.467 e. The Morgan fingerprint density at radius 3 is 3.08 bits per heavy atom. The summed E-state index contributed by atoms with van der Waals surface area (Å²) in [6.45, 7) is 3.28. The maximum absolute atomic E-state index is 12.8. The molecule has 0 bridgehead atoms. The van der Waals surface area contributed by atoms with Gasteiger partial charge in [-0.2, -0.15) is 0 Å². The second-order valence-electron chi connectivity index (χ2n) is 5.73. The highest BCUT2D eigenvalue weighted by atomic mass is 32.2. The van der Waals surface area contributed by atoms with E-state index in [-0.39, 0.29) is 11.2 Å². The Hall–Kier alpha value is -1.87. The quantitative estimate of drug-likeness (QED) is 0.636. The third-order valence-corrected chi connectivity index (χ3v) is 4.82. The van der Waals surface area contributed by atoms with Crippen molar-refractivity contribution in [3.8, 4) is 0 Å². The number of carbonyl (C=O) groups is 1. The van der Waals surface area contributed by atoms with Crippen LogP contribution in [0, 0.1) is 0 Å². The highest BCUT2D eigenvalue weighted by Gasteiger charge is 2.30. The number of thioether (sulfide) groups is 1. The van der Waals surface area contributed by atoms with Crippen molar-refractivity contribution < 1.29 is 13.9 Å². The number of tetrazole rings is 1. The fourth-order valence-corrected chi connectivity index (χ4v) is 3.28. The number of furan rings is 1. The molecule has 1 amide bonds. The van der Waals surface area contributed by atoms with Gasteiger partial charge in [0.2, 0.25) is 11.1 Å². The molecular weight excluding hydrogens is 330 g/mol. The van der Waals surface area contributed by atoms with E-state index in [0.717, 1.165) is 18.6 Å². The van der Waals surface area contributed by atoms with Gasteiger partial charge in [-0.3, -0.25) is 4.79 Å². The zero-order valence-corrected chi connectivity index (χ0v) is 14.6. The predicted molar refractivity (Wildman–Crippen MR) is 87.4 cm³/mol. The van der Waals surface area contributed by atoms with Crippen molar-refractivity contribution >= 4 is 17.7 Å². The monoisotopic (exact) mass is 351 g/mol. The molecule has 2 heterocycles. The molecule has 1 aliphatic rings. The minimum atomic E-state index is -0.291. The summed E-state index contributed by atoms with van der Waals surface area (Å²) >= 11 is 1.39. The van der Waals surface area contributed by atoms with E-state index in [2.05, 4.69) is 15.5 Å². The molecule has 1 atom stereocenters. The highest BCUT2D eigenvalue weighted by Crippen LogP contribution is 2.37. The Morgan fingerprint density at radius 1 is 1.58 bits per heavy atom. The first-order valence-electron chi connectivity index (χ1n) is 7.93. The van der Waals surface area contributed by atoms with E-state index in [4.69, 9.17) is 9.15 Å². The molecule has 24 heavy (non-hydrogen) atoms. The van der Waals surface area contributed by atoms with E-state index in [1.165, 1.54) is 11.8 Å². The first-order valence-corrected chi connectivity index (χ1v) is 8.81. The van der Waals surface area contributed by atoms with Gasteiger partial charge in [0.15, 0.2) is 0 Å². The number of nitrogens with zero attached hydrogens (tertiary/aromatic N) is 5. The van der Waals surface area contributed by atoms with Gasteiger partial charge in [0.25, 0.3) is 0 Å². The summed E-state index contributed by atoms with van der Waals surface area (Å²) in [5, 5.41) is 12.2. The van der Waals surface area contributed by atoms with Crippen LogP contribution in [0.25, 0.3) is 0 Å². The normalized spacial score (nSPS) is 15.4. The Morgan fingerprint density at radius 2 is 2.42 bits per heavy atom. The number of aromatic nitrogens is 4. The summed E-state index contributed by atoms with van der Waals surface area (Å²) in [4.78, 5) is 14.6. The van der Waals surface area contributed by atoms with Gasteiger partial charge in [0.05, 0.1) is 30.7 Å². The maximum Gasteiger partial charge on any atom is 0.236 e. The van der Waals surface area contributed by atoms with Crippen molar-refractivity contribution in [3.63, 3.8) is 0 Å². The van der Waals surface area contributed by atoms with E-state index in [9.17, 15) is 4.79 Å². The van der Waals surface area contributed by atoms with E-state index >= 15 is 0 Å². The van der Waals surface area contributed by atoms with Crippen molar-refractivity contribution in [1.82, 2.24) is 25.1 Å². The molecule has 0 radical (unpaired) electrons. The van der Waals surface area contributed by atoms with Crippen LogP contribution < -0.4 is 0 Å². The molecule has 1 aliphatic carbocycles. The topological polar surface area (TPSA) is 86.3 Å². The summed E-state index contributed by atoms with van der Waals surface area (Å²) < 4.78 is 12.3. The van der Waals surface area contributed by atoms with Crippen LogP contribution in [0.3, 0.4) is 0 Å². The van der Waals surface area contributed by atoms with Gasteiger partial charge in [-0.25, -0.2) is 4.68 Å². The molecule has 1 fully saturated rings. The molecule has 1 saturated carbocycles. The van der Waals surface area contributed by atoms with Gasteiger partial charge in [-0.1, -0.05) is 11.8 Å². The summed E-state index contributed by atoms with van der Waals surface area (Å²) in [5.41, 5.74) is 0. The molecule has 9 heteroatoms. The van der Waals surface area contributed by atoms with Gasteiger partial charge in [-0.15, -0.1) is 5.10 Å². The van der Waals surface area contributed by atoms with Crippen LogP contribution in [0.2, 0.25) is 0 Å². The predicted octanol–water partition coefficient (Wildman–Crippen LogP) is 1.76. The zero-order valence-electron chi connectivity index (χ0n) is 13.8. The van der Waals surface area contributed by atoms with Crippen molar-refractivity contribution in [2.24, 2.45) is 0 Å². The fraction of sp³-hybridized carbons (Fsp3) is 0.600. The molecular formula is C15H21N5O3S. The molecule has 3 rings (SSSR count). The number of carbonyl (C=O) groups excluding carboxylic acids is 1. The lowest BCUT2D eigenvalue weighted by molar-refractivity contribution is -0.131. The summed E-state index contributed by atoms with van der Waals surface area (Å²) in [6, 6.07) is 4.06. The summed E-state index contributed by atoms with van der Waals surface area (Å²) in [5.74, 6) is 0.762. The molecule has 1 unspecified atom stereocenters. The van der Waals surface area contributed by atoms with Crippen LogP contribution in [0.15, 0.2) is 28.0 Å². The third kappa shape index (κ3) is 4.15. The van der Waals surface area contributed by atoms with Crippen molar-refractivity contribution in [3.05, 3.63) is 24.2 Å². The Labute approximate surface area is 144 Å². The van der Waals surface area contributed by atoms with Crippen molar-refractivity contribution in [2.45, 2.75) is 42.8 Å². The van der Waals surface area contributed by atoms with E-state index in [1.54, 1.807) is 18.3 Å². The first-order chi connectivity index (χ1) is 11.7. The smallest absolute Gasteiger partial charge is 0.236 e. The molecule has 0 aliphatic heterocycles. The molecule has 130 valence electrons. The van der Waals surface area contributed by atoms with Crippen LogP contribution in [-0.2, 0) is 16.1 Å². The lowest BCUT2D eigenvalue weighted by atomic mass is 10.3. The van der Waals surface area contributed by atoms with Gasteiger partial charge in [-0.05, 0) is 42.3 Å². The zero-order chi connectivity index (χ0) is 16.9. The van der Waals surface area contributed by atoms with Gasteiger partial charge >= 0.3 is 0 Å². The number of hydrogen-bond donors (Lipinski definition) is 0. The van der Waals surface area contributed by atoms with E-state index in [0.29, 0.717) is 30.9 Å². The molecule has 0 spiro atoms. The fourth-order valence-electron chi connectivity index (χ4n) is 2.34. The Bertz CT molecular complexity index is 656. The number of rotatable bonds is 9. The van der Waals surface area contributed by atoms with Gasteiger partial charge in [0.1, 0.15) is 5.76 Å².